The lowest BCUT2D eigenvalue weighted by Gasteiger charge is -2.22. The summed E-state index contributed by atoms with van der Waals surface area (Å²) < 4.78 is 0. The van der Waals surface area contributed by atoms with Crippen LogP contribution in [0, 0.1) is 13.8 Å². The number of urea groups is 1. The van der Waals surface area contributed by atoms with E-state index >= 15 is 0 Å². The van der Waals surface area contributed by atoms with Crippen molar-refractivity contribution in [3.8, 4) is 0 Å². The third kappa shape index (κ3) is 3.78. The lowest BCUT2D eigenvalue weighted by molar-refractivity contribution is -0.118. The Labute approximate surface area is 132 Å². The Morgan fingerprint density at radius 1 is 1.23 bits per heavy atom. The molecule has 0 unspecified atom stereocenters. The molecule has 0 bridgehead atoms. The van der Waals surface area contributed by atoms with Crippen molar-refractivity contribution in [2.45, 2.75) is 52.6 Å². The van der Waals surface area contributed by atoms with Crippen molar-refractivity contribution >= 4 is 17.6 Å². The Bertz CT molecular complexity index is 590. The van der Waals surface area contributed by atoms with Gasteiger partial charge in [-0.3, -0.25) is 4.79 Å². The van der Waals surface area contributed by atoms with E-state index in [1.165, 1.54) is 5.56 Å². The molecule has 22 heavy (non-hydrogen) atoms. The topological polar surface area (TPSA) is 61.4 Å². The molecular weight excluding hydrogens is 278 g/mol. The molecule has 1 aromatic rings. The number of nitrogens with one attached hydrogen (secondary N) is 2. The van der Waals surface area contributed by atoms with Gasteiger partial charge in [0.05, 0.1) is 0 Å². The van der Waals surface area contributed by atoms with E-state index in [0.717, 1.165) is 11.3 Å². The van der Waals surface area contributed by atoms with Gasteiger partial charge in [-0.2, -0.15) is 0 Å². The first-order valence-electron chi connectivity index (χ1n) is 7.65. The van der Waals surface area contributed by atoms with E-state index in [4.69, 9.17) is 0 Å². The summed E-state index contributed by atoms with van der Waals surface area (Å²) >= 11 is 0. The fourth-order valence-corrected chi connectivity index (χ4v) is 2.50. The second-order valence-corrected chi connectivity index (χ2v) is 6.95. The minimum Gasteiger partial charge on any atom is -0.334 e. The highest BCUT2D eigenvalue weighted by Gasteiger charge is 2.34. The summed E-state index contributed by atoms with van der Waals surface area (Å²) in [7, 11) is 0. The first-order chi connectivity index (χ1) is 10.2. The number of anilines is 1. The molecule has 1 heterocycles. The predicted molar refractivity (Wildman–Crippen MR) is 88.1 cm³/mol. The third-order valence-electron chi connectivity index (χ3n) is 3.80. The van der Waals surface area contributed by atoms with Crippen LogP contribution in [0.1, 0.15) is 38.3 Å². The first-order valence-corrected chi connectivity index (χ1v) is 7.65. The molecule has 1 aliphatic rings. The van der Waals surface area contributed by atoms with E-state index in [9.17, 15) is 9.59 Å². The van der Waals surface area contributed by atoms with Crippen molar-refractivity contribution in [1.82, 2.24) is 10.6 Å². The summed E-state index contributed by atoms with van der Waals surface area (Å²) in [4.78, 5) is 26.1. The molecule has 2 rings (SSSR count). The Morgan fingerprint density at radius 2 is 1.91 bits per heavy atom. The molecule has 3 amide bonds. The Balaban J connectivity index is 2.03. The molecule has 0 saturated carbocycles. The lowest BCUT2D eigenvalue weighted by atomic mass is 10.1. The smallest absolute Gasteiger partial charge is 0.315 e. The van der Waals surface area contributed by atoms with Crippen LogP contribution in [-0.2, 0) is 4.79 Å². The zero-order chi connectivity index (χ0) is 16.5. The quantitative estimate of drug-likeness (QED) is 0.882. The summed E-state index contributed by atoms with van der Waals surface area (Å²) in [6, 6.07) is 5.24. The third-order valence-corrected chi connectivity index (χ3v) is 3.80. The van der Waals surface area contributed by atoms with Crippen LogP contribution in [-0.4, -0.2) is 30.1 Å². The van der Waals surface area contributed by atoms with E-state index < -0.39 is 6.04 Å². The monoisotopic (exact) mass is 303 g/mol. The van der Waals surface area contributed by atoms with Crippen molar-refractivity contribution in [2.24, 2.45) is 0 Å². The molecule has 1 saturated heterocycles. The van der Waals surface area contributed by atoms with Gasteiger partial charge in [0, 0.05) is 17.8 Å². The average molecular weight is 303 g/mol. The van der Waals surface area contributed by atoms with Crippen LogP contribution >= 0.6 is 0 Å². The molecule has 1 aliphatic heterocycles. The number of hydrogen-bond donors (Lipinski definition) is 2. The molecule has 1 atom stereocenters. The molecule has 120 valence electrons. The highest BCUT2D eigenvalue weighted by molar-refractivity contribution is 6.01. The van der Waals surface area contributed by atoms with E-state index in [-0.39, 0.29) is 17.5 Å². The van der Waals surface area contributed by atoms with E-state index in [2.05, 4.69) is 10.6 Å². The van der Waals surface area contributed by atoms with Gasteiger partial charge in [0.1, 0.15) is 6.04 Å². The van der Waals surface area contributed by atoms with E-state index in [0.29, 0.717) is 13.0 Å². The highest BCUT2D eigenvalue weighted by atomic mass is 16.2. The van der Waals surface area contributed by atoms with Gasteiger partial charge in [-0.15, -0.1) is 0 Å². The van der Waals surface area contributed by atoms with Crippen molar-refractivity contribution in [3.05, 3.63) is 29.3 Å². The minimum atomic E-state index is -0.455. The number of aryl methyl sites for hydroxylation is 2. The lowest BCUT2D eigenvalue weighted by Crippen LogP contribution is -2.51. The first kappa shape index (κ1) is 16.3. The summed E-state index contributed by atoms with van der Waals surface area (Å²) in [5.74, 6) is -0.0488. The second kappa shape index (κ2) is 5.99. The van der Waals surface area contributed by atoms with Crippen LogP contribution in [0.25, 0.3) is 0 Å². The van der Waals surface area contributed by atoms with E-state index in [1.54, 1.807) is 4.90 Å². The van der Waals surface area contributed by atoms with Crippen molar-refractivity contribution in [1.29, 1.82) is 0 Å². The fraction of sp³-hybridized carbons (Fsp3) is 0.529. The number of carbonyl (C=O) groups is 2. The van der Waals surface area contributed by atoms with Crippen LogP contribution < -0.4 is 15.5 Å². The van der Waals surface area contributed by atoms with Gasteiger partial charge in [-0.25, -0.2) is 4.79 Å². The maximum Gasteiger partial charge on any atom is 0.315 e. The van der Waals surface area contributed by atoms with Gasteiger partial charge in [0.25, 0.3) is 0 Å². The number of benzene rings is 1. The molecule has 0 aliphatic carbocycles. The molecular formula is C17H25N3O2. The van der Waals surface area contributed by atoms with Gasteiger partial charge >= 0.3 is 6.03 Å². The van der Waals surface area contributed by atoms with E-state index in [1.807, 2.05) is 52.8 Å². The molecule has 0 radical (unpaired) electrons. The van der Waals surface area contributed by atoms with Crippen LogP contribution in [0.15, 0.2) is 18.2 Å². The number of hydrogen-bond acceptors (Lipinski definition) is 2. The van der Waals surface area contributed by atoms with Crippen molar-refractivity contribution in [2.75, 3.05) is 11.4 Å². The van der Waals surface area contributed by atoms with Crippen molar-refractivity contribution < 1.29 is 9.59 Å². The normalized spacial score (nSPS) is 18.5. The summed E-state index contributed by atoms with van der Waals surface area (Å²) in [5, 5.41) is 5.59. The van der Waals surface area contributed by atoms with Crippen molar-refractivity contribution in [3.63, 3.8) is 0 Å². The highest BCUT2D eigenvalue weighted by Crippen LogP contribution is 2.24. The maximum absolute atomic E-state index is 12.5. The largest absolute Gasteiger partial charge is 0.334 e. The maximum atomic E-state index is 12.5. The summed E-state index contributed by atoms with van der Waals surface area (Å²) in [5.41, 5.74) is 2.94. The zero-order valence-electron chi connectivity index (χ0n) is 14.0. The predicted octanol–water partition coefficient (Wildman–Crippen LogP) is 2.51. The molecule has 5 heteroatoms. The molecule has 1 fully saturated rings. The summed E-state index contributed by atoms with van der Waals surface area (Å²) in [6.45, 7) is 10.4. The molecule has 0 spiro atoms. The standard InChI is InChI=1S/C17H25N3O2/c1-11-6-7-13(10-12(11)2)20-9-8-14(15(20)21)18-16(22)19-17(3,4)5/h6-7,10,14H,8-9H2,1-5H3,(H2,18,19,22)/t14-/m0/s1. The average Bonchev–Trinajstić information content (AvgIpc) is 2.72. The van der Waals surface area contributed by atoms with Gasteiger partial charge in [-0.05, 0) is 64.3 Å². The Morgan fingerprint density at radius 3 is 2.50 bits per heavy atom. The molecule has 5 nitrogen and oxygen atoms in total. The molecule has 1 aromatic carbocycles. The second-order valence-electron chi connectivity index (χ2n) is 6.95. The zero-order valence-corrected chi connectivity index (χ0v) is 14.0. The Kier molecular flexibility index (Phi) is 4.44. The van der Waals surface area contributed by atoms with Gasteiger partial charge < -0.3 is 15.5 Å². The number of rotatable bonds is 2. The van der Waals surface area contributed by atoms with Gasteiger partial charge in [0.2, 0.25) is 5.91 Å². The number of amides is 3. The van der Waals surface area contributed by atoms with Crippen LogP contribution in [0.5, 0.6) is 0 Å². The van der Waals surface area contributed by atoms with Crippen LogP contribution in [0.2, 0.25) is 0 Å². The number of carbonyl (C=O) groups excluding carboxylic acids is 2. The number of nitrogens with zero attached hydrogens (tertiary/aromatic N) is 1. The van der Waals surface area contributed by atoms with Crippen LogP contribution in [0.4, 0.5) is 10.5 Å². The molecule has 0 aromatic heterocycles. The molecule has 2 N–H and O–H groups in total. The van der Waals surface area contributed by atoms with Gasteiger partial charge in [0.15, 0.2) is 0 Å². The SMILES string of the molecule is Cc1ccc(N2CC[C@H](NC(=O)NC(C)(C)C)C2=O)cc1C. The summed E-state index contributed by atoms with van der Waals surface area (Å²) in [6.07, 6.45) is 0.628. The Hall–Kier alpha value is -2.04. The van der Waals surface area contributed by atoms with Crippen LogP contribution in [0.3, 0.4) is 0 Å². The minimum absolute atomic E-state index is 0.0488. The fourth-order valence-electron chi connectivity index (χ4n) is 2.50. The van der Waals surface area contributed by atoms with Gasteiger partial charge in [-0.1, -0.05) is 6.07 Å².